The first-order valence-electron chi connectivity index (χ1n) is 8.48. The van der Waals surface area contributed by atoms with Crippen LogP contribution in [0.2, 0.25) is 0 Å². The van der Waals surface area contributed by atoms with Crippen LogP contribution in [0.25, 0.3) is 0 Å². The third-order valence-corrected chi connectivity index (χ3v) is 3.65. The molecule has 0 heterocycles. The Morgan fingerprint density at radius 1 is 1.04 bits per heavy atom. The van der Waals surface area contributed by atoms with Crippen LogP contribution < -0.4 is 16.8 Å². The van der Waals surface area contributed by atoms with Crippen molar-refractivity contribution >= 4 is 30.1 Å². The molecule has 1 amide bonds. The lowest BCUT2D eigenvalue weighted by Gasteiger charge is -2.17. The number of esters is 1. The second kappa shape index (κ2) is 14.2. The molecule has 0 bridgehead atoms. The SMILES string of the molecule is Cl.NCCCCCC(=O)OCC(=O)[C@H](Cc1ccccc1)NC(=O)CN. The van der Waals surface area contributed by atoms with Gasteiger partial charge in [0.15, 0.2) is 12.4 Å². The van der Waals surface area contributed by atoms with Crippen molar-refractivity contribution in [2.75, 3.05) is 19.7 Å². The number of hydrogen-bond acceptors (Lipinski definition) is 6. The summed E-state index contributed by atoms with van der Waals surface area (Å²) in [6, 6.07) is 8.51. The van der Waals surface area contributed by atoms with Gasteiger partial charge < -0.3 is 21.5 Å². The van der Waals surface area contributed by atoms with E-state index in [1.165, 1.54) is 0 Å². The number of unbranched alkanes of at least 4 members (excludes halogenated alkanes) is 2. The van der Waals surface area contributed by atoms with Crippen molar-refractivity contribution in [3.05, 3.63) is 35.9 Å². The highest BCUT2D eigenvalue weighted by atomic mass is 35.5. The summed E-state index contributed by atoms with van der Waals surface area (Å²) in [5.41, 5.74) is 11.6. The van der Waals surface area contributed by atoms with E-state index in [0.717, 1.165) is 18.4 Å². The fourth-order valence-corrected chi connectivity index (χ4v) is 2.26. The molecule has 0 fully saturated rings. The highest BCUT2D eigenvalue weighted by molar-refractivity contribution is 5.91. The summed E-state index contributed by atoms with van der Waals surface area (Å²) < 4.78 is 5.02. The Hall–Kier alpha value is -1.96. The monoisotopic (exact) mass is 385 g/mol. The Kier molecular flexibility index (Phi) is 13.2. The number of hydrogen-bond donors (Lipinski definition) is 3. The minimum absolute atomic E-state index is 0. The number of carbonyl (C=O) groups is 3. The molecule has 5 N–H and O–H groups in total. The molecule has 0 aliphatic carbocycles. The van der Waals surface area contributed by atoms with Crippen LogP contribution in [-0.4, -0.2) is 43.4 Å². The van der Waals surface area contributed by atoms with Crippen LogP contribution in [-0.2, 0) is 25.5 Å². The molecule has 8 heteroatoms. The largest absolute Gasteiger partial charge is 0.458 e. The molecule has 26 heavy (non-hydrogen) atoms. The highest BCUT2D eigenvalue weighted by Gasteiger charge is 2.22. The third-order valence-electron chi connectivity index (χ3n) is 3.65. The number of rotatable bonds is 12. The number of ether oxygens (including phenoxy) is 1. The van der Waals surface area contributed by atoms with E-state index < -0.39 is 17.9 Å². The van der Waals surface area contributed by atoms with E-state index >= 15 is 0 Å². The van der Waals surface area contributed by atoms with Gasteiger partial charge in [0.25, 0.3) is 0 Å². The predicted molar refractivity (Wildman–Crippen MR) is 102 cm³/mol. The van der Waals surface area contributed by atoms with Crippen molar-refractivity contribution in [1.82, 2.24) is 5.32 Å². The standard InChI is InChI=1S/C18H27N3O4.ClH/c19-10-6-2-5-9-18(24)25-13-16(22)15(21-17(23)12-20)11-14-7-3-1-4-8-14;/h1,3-4,7-8,15H,2,5-6,9-13,19-20H2,(H,21,23);1H/t15-;/m0./s1. The normalized spacial score (nSPS) is 11.2. The molecule has 146 valence electrons. The van der Waals surface area contributed by atoms with Crippen LogP contribution in [0, 0.1) is 0 Å². The Morgan fingerprint density at radius 3 is 2.35 bits per heavy atom. The smallest absolute Gasteiger partial charge is 0.306 e. The molecule has 0 spiro atoms. The van der Waals surface area contributed by atoms with Gasteiger partial charge in [0, 0.05) is 6.42 Å². The van der Waals surface area contributed by atoms with Crippen molar-refractivity contribution in [3.8, 4) is 0 Å². The first-order valence-corrected chi connectivity index (χ1v) is 8.48. The van der Waals surface area contributed by atoms with Crippen molar-refractivity contribution in [2.24, 2.45) is 11.5 Å². The maximum absolute atomic E-state index is 12.3. The number of nitrogens with one attached hydrogen (secondary N) is 1. The van der Waals surface area contributed by atoms with Gasteiger partial charge >= 0.3 is 5.97 Å². The number of halogens is 1. The first kappa shape index (κ1) is 24.0. The molecule has 0 aromatic heterocycles. The van der Waals surface area contributed by atoms with E-state index in [0.29, 0.717) is 19.4 Å². The summed E-state index contributed by atoms with van der Waals surface area (Å²) in [7, 11) is 0. The minimum Gasteiger partial charge on any atom is -0.458 e. The molecule has 1 aromatic carbocycles. The summed E-state index contributed by atoms with van der Waals surface area (Å²) in [4.78, 5) is 35.5. The van der Waals surface area contributed by atoms with Crippen LogP contribution in [0.4, 0.5) is 0 Å². The molecule has 0 aliphatic rings. The number of amides is 1. The molecule has 1 rings (SSSR count). The van der Waals surface area contributed by atoms with Crippen molar-refractivity contribution in [2.45, 2.75) is 38.1 Å². The second-order valence-electron chi connectivity index (χ2n) is 5.74. The summed E-state index contributed by atoms with van der Waals surface area (Å²) in [5.74, 6) is -1.21. The molecule has 0 unspecified atom stereocenters. The van der Waals surface area contributed by atoms with Crippen molar-refractivity contribution < 1.29 is 19.1 Å². The van der Waals surface area contributed by atoms with Gasteiger partial charge in [-0.05, 0) is 31.4 Å². The van der Waals surface area contributed by atoms with Crippen LogP contribution in [0.15, 0.2) is 30.3 Å². The lowest BCUT2D eigenvalue weighted by atomic mass is 10.0. The molecule has 0 aliphatic heterocycles. The lowest BCUT2D eigenvalue weighted by molar-refractivity contribution is -0.148. The molecular weight excluding hydrogens is 358 g/mol. The Bertz CT molecular complexity index is 555. The number of carbonyl (C=O) groups excluding carboxylic acids is 3. The van der Waals surface area contributed by atoms with Gasteiger partial charge in [0.2, 0.25) is 5.91 Å². The van der Waals surface area contributed by atoms with Crippen LogP contribution in [0.3, 0.4) is 0 Å². The van der Waals surface area contributed by atoms with Crippen LogP contribution in [0.5, 0.6) is 0 Å². The Balaban J connectivity index is 0.00000625. The lowest BCUT2D eigenvalue weighted by Crippen LogP contribution is -2.46. The average molecular weight is 386 g/mol. The van der Waals surface area contributed by atoms with Gasteiger partial charge in [-0.25, -0.2) is 0 Å². The van der Waals surface area contributed by atoms with Crippen molar-refractivity contribution in [1.29, 1.82) is 0 Å². The van der Waals surface area contributed by atoms with Gasteiger partial charge in [-0.3, -0.25) is 14.4 Å². The number of nitrogens with two attached hydrogens (primary N) is 2. The zero-order chi connectivity index (χ0) is 18.5. The van der Waals surface area contributed by atoms with E-state index in [1.807, 2.05) is 30.3 Å². The summed E-state index contributed by atoms with van der Waals surface area (Å²) >= 11 is 0. The van der Waals surface area contributed by atoms with Gasteiger partial charge in [-0.2, -0.15) is 0 Å². The van der Waals surface area contributed by atoms with E-state index in [2.05, 4.69) is 5.32 Å². The van der Waals surface area contributed by atoms with Crippen LogP contribution >= 0.6 is 12.4 Å². The minimum atomic E-state index is -0.775. The van der Waals surface area contributed by atoms with Crippen LogP contribution in [0.1, 0.15) is 31.2 Å². The topological polar surface area (TPSA) is 125 Å². The maximum Gasteiger partial charge on any atom is 0.306 e. The summed E-state index contributed by atoms with van der Waals surface area (Å²) in [5, 5.41) is 2.58. The quantitative estimate of drug-likeness (QED) is 0.360. The first-order chi connectivity index (χ1) is 12.1. The van der Waals surface area contributed by atoms with E-state index in [4.69, 9.17) is 16.2 Å². The van der Waals surface area contributed by atoms with Gasteiger partial charge in [-0.1, -0.05) is 36.8 Å². The van der Waals surface area contributed by atoms with E-state index in [-0.39, 0.29) is 37.8 Å². The molecule has 1 atom stereocenters. The molecule has 1 aromatic rings. The predicted octanol–water partition coefficient (Wildman–Crippen LogP) is 0.726. The van der Waals surface area contributed by atoms with Crippen molar-refractivity contribution in [3.63, 3.8) is 0 Å². The third kappa shape index (κ3) is 10.1. The maximum atomic E-state index is 12.3. The molecular formula is C18H28ClN3O4. The van der Waals surface area contributed by atoms with E-state index in [9.17, 15) is 14.4 Å². The molecule has 7 nitrogen and oxygen atoms in total. The summed E-state index contributed by atoms with van der Waals surface area (Å²) in [6.45, 7) is 0.0209. The van der Waals surface area contributed by atoms with Gasteiger partial charge in [-0.15, -0.1) is 12.4 Å². The van der Waals surface area contributed by atoms with Gasteiger partial charge in [0.05, 0.1) is 12.6 Å². The second-order valence-corrected chi connectivity index (χ2v) is 5.74. The molecule has 0 saturated carbocycles. The van der Waals surface area contributed by atoms with E-state index in [1.54, 1.807) is 0 Å². The Labute approximate surface area is 160 Å². The number of Topliss-reactive ketones (excluding diaryl/α,β-unsaturated/α-hetero) is 1. The average Bonchev–Trinajstić information content (AvgIpc) is 2.63. The zero-order valence-electron chi connectivity index (χ0n) is 14.8. The van der Waals surface area contributed by atoms with Gasteiger partial charge in [0.1, 0.15) is 0 Å². The fourth-order valence-electron chi connectivity index (χ4n) is 2.26. The molecule has 0 saturated heterocycles. The Morgan fingerprint density at radius 2 is 1.73 bits per heavy atom. The number of ketones is 1. The molecule has 0 radical (unpaired) electrons. The fraction of sp³-hybridized carbons (Fsp3) is 0.500. The highest BCUT2D eigenvalue weighted by Crippen LogP contribution is 2.06. The summed E-state index contributed by atoms with van der Waals surface area (Å²) in [6.07, 6.45) is 2.96. The number of benzene rings is 1. The zero-order valence-corrected chi connectivity index (χ0v) is 15.6.